The molecular formula is C9H17O7P. The van der Waals surface area contributed by atoms with Crippen LogP contribution >= 0.6 is 7.60 Å². The summed E-state index contributed by atoms with van der Waals surface area (Å²) in [5.41, 5.74) is 0. The molecule has 8 heteroatoms. The summed E-state index contributed by atoms with van der Waals surface area (Å²) >= 11 is 0. The fourth-order valence-corrected chi connectivity index (χ4v) is 2.63. The highest BCUT2D eigenvalue weighted by molar-refractivity contribution is 7.53. The van der Waals surface area contributed by atoms with E-state index in [-0.39, 0.29) is 6.29 Å². The van der Waals surface area contributed by atoms with Crippen LogP contribution in [-0.2, 0) is 27.9 Å². The van der Waals surface area contributed by atoms with Gasteiger partial charge in [-0.3, -0.25) is 13.6 Å². The largest absolute Gasteiger partial charge is 0.384 e. The first-order valence-corrected chi connectivity index (χ1v) is 6.96. The topological polar surface area (TPSA) is 91.3 Å². The van der Waals surface area contributed by atoms with Crippen LogP contribution in [0.25, 0.3) is 0 Å². The molecule has 1 heterocycles. The SMILES string of the molecule is CC1OC([C@H](C)OP(=O)(CO)O[C@@H](C)C=O)O1. The molecule has 0 bridgehead atoms. The number of ether oxygens (including phenoxy) is 2. The van der Waals surface area contributed by atoms with Gasteiger partial charge in [-0.1, -0.05) is 0 Å². The van der Waals surface area contributed by atoms with Crippen LogP contribution in [0.1, 0.15) is 20.8 Å². The van der Waals surface area contributed by atoms with Gasteiger partial charge >= 0.3 is 7.60 Å². The minimum Gasteiger partial charge on any atom is -0.384 e. The quantitative estimate of drug-likeness (QED) is 0.540. The molecule has 0 aromatic carbocycles. The van der Waals surface area contributed by atoms with E-state index in [1.807, 2.05) is 0 Å². The molecule has 17 heavy (non-hydrogen) atoms. The van der Waals surface area contributed by atoms with E-state index in [9.17, 15) is 9.36 Å². The number of aliphatic hydroxyl groups is 1. The molecule has 1 aliphatic heterocycles. The van der Waals surface area contributed by atoms with E-state index in [0.29, 0.717) is 6.29 Å². The third-order valence-electron chi connectivity index (χ3n) is 2.05. The molecule has 3 atom stereocenters. The van der Waals surface area contributed by atoms with Crippen molar-refractivity contribution in [3.63, 3.8) is 0 Å². The summed E-state index contributed by atoms with van der Waals surface area (Å²) in [4.78, 5) is 10.4. The maximum Gasteiger partial charge on any atom is 0.356 e. The van der Waals surface area contributed by atoms with Crippen molar-refractivity contribution in [3.8, 4) is 0 Å². The zero-order chi connectivity index (χ0) is 13.1. The molecule has 100 valence electrons. The smallest absolute Gasteiger partial charge is 0.356 e. The number of carbonyl (C=O) groups excluding carboxylic acids is 1. The summed E-state index contributed by atoms with van der Waals surface area (Å²) in [6.45, 7) is 4.69. The van der Waals surface area contributed by atoms with Crippen LogP contribution in [0.5, 0.6) is 0 Å². The molecule has 1 rings (SSSR count). The maximum absolute atomic E-state index is 11.9. The molecule has 0 amide bonds. The molecule has 1 aliphatic rings. The normalized spacial score (nSPS) is 31.1. The highest BCUT2D eigenvalue weighted by Crippen LogP contribution is 2.50. The summed E-state index contributed by atoms with van der Waals surface area (Å²) in [6.07, 6.45) is -2.88. The van der Waals surface area contributed by atoms with Crippen molar-refractivity contribution in [3.05, 3.63) is 0 Å². The lowest BCUT2D eigenvalue weighted by Gasteiger charge is -2.38. The van der Waals surface area contributed by atoms with Crippen LogP contribution in [0.4, 0.5) is 0 Å². The van der Waals surface area contributed by atoms with Crippen molar-refractivity contribution in [1.29, 1.82) is 0 Å². The van der Waals surface area contributed by atoms with Crippen molar-refractivity contribution in [2.24, 2.45) is 0 Å². The van der Waals surface area contributed by atoms with Crippen molar-refractivity contribution in [2.45, 2.75) is 45.6 Å². The van der Waals surface area contributed by atoms with E-state index in [1.54, 1.807) is 13.8 Å². The molecule has 0 aliphatic carbocycles. The number of carbonyl (C=O) groups is 1. The molecule has 7 nitrogen and oxygen atoms in total. The predicted molar refractivity (Wildman–Crippen MR) is 57.3 cm³/mol. The Hall–Kier alpha value is -0.300. The van der Waals surface area contributed by atoms with E-state index in [2.05, 4.69) is 0 Å². The molecule has 1 unspecified atom stereocenters. The lowest BCUT2D eigenvalue weighted by molar-refractivity contribution is -0.394. The summed E-state index contributed by atoms with van der Waals surface area (Å²) in [6, 6.07) is 0. The van der Waals surface area contributed by atoms with Crippen LogP contribution in [0.2, 0.25) is 0 Å². The first-order chi connectivity index (χ1) is 7.90. The van der Waals surface area contributed by atoms with E-state index in [4.69, 9.17) is 23.6 Å². The molecule has 0 radical (unpaired) electrons. The second-order valence-electron chi connectivity index (χ2n) is 3.72. The summed E-state index contributed by atoms with van der Waals surface area (Å²) in [5.74, 6) is 0. The number of hydrogen-bond acceptors (Lipinski definition) is 7. The van der Waals surface area contributed by atoms with E-state index in [0.717, 1.165) is 0 Å². The summed E-state index contributed by atoms with van der Waals surface area (Å²) < 4.78 is 32.2. The van der Waals surface area contributed by atoms with Gasteiger partial charge in [0.15, 0.2) is 12.6 Å². The van der Waals surface area contributed by atoms with Gasteiger partial charge in [0.25, 0.3) is 0 Å². The fourth-order valence-electron chi connectivity index (χ4n) is 1.28. The molecule has 0 saturated carbocycles. The van der Waals surface area contributed by atoms with Crippen molar-refractivity contribution < 1.29 is 33.0 Å². The Morgan fingerprint density at radius 2 is 2.00 bits per heavy atom. The third kappa shape index (κ3) is 4.13. The lowest BCUT2D eigenvalue weighted by atomic mass is 10.3. The zero-order valence-corrected chi connectivity index (χ0v) is 10.8. The molecule has 0 aromatic heterocycles. The molecule has 1 fully saturated rings. The Kier molecular flexibility index (Phi) is 5.24. The Morgan fingerprint density at radius 1 is 1.41 bits per heavy atom. The number of hydrogen-bond donors (Lipinski definition) is 1. The molecule has 0 spiro atoms. The molecular weight excluding hydrogens is 251 g/mol. The van der Waals surface area contributed by atoms with Crippen LogP contribution in [0.15, 0.2) is 0 Å². The van der Waals surface area contributed by atoms with E-state index >= 15 is 0 Å². The number of rotatable bonds is 7. The highest BCUT2D eigenvalue weighted by Gasteiger charge is 2.38. The number of aldehydes is 1. The second kappa shape index (κ2) is 6.04. The average molecular weight is 268 g/mol. The maximum atomic E-state index is 11.9. The van der Waals surface area contributed by atoms with Gasteiger partial charge in [0, 0.05) is 0 Å². The standard InChI is InChI=1S/C9H17O7P/c1-6(4-10)15-17(12,5-11)16-7(2)9-13-8(3)14-9/h4,6-9,11H,5H2,1-3H3/t6-,7-,8?,9?,17?/m0/s1. The molecule has 1 saturated heterocycles. The van der Waals surface area contributed by atoms with Crippen molar-refractivity contribution in [1.82, 2.24) is 0 Å². The monoisotopic (exact) mass is 268 g/mol. The van der Waals surface area contributed by atoms with Gasteiger partial charge in [0.05, 0.1) is 0 Å². The van der Waals surface area contributed by atoms with Gasteiger partial charge in [0.1, 0.15) is 24.8 Å². The van der Waals surface area contributed by atoms with Gasteiger partial charge in [0.2, 0.25) is 0 Å². The Balaban J connectivity index is 2.50. The van der Waals surface area contributed by atoms with Crippen molar-refractivity contribution >= 4 is 13.9 Å². The van der Waals surface area contributed by atoms with Gasteiger partial charge in [-0.25, -0.2) is 0 Å². The predicted octanol–water partition coefficient (Wildman–Crippen LogP) is 0.857. The molecule has 1 N–H and O–H groups in total. The van der Waals surface area contributed by atoms with Crippen LogP contribution < -0.4 is 0 Å². The first kappa shape index (κ1) is 14.8. The zero-order valence-electron chi connectivity index (χ0n) is 9.94. The first-order valence-electron chi connectivity index (χ1n) is 5.23. The van der Waals surface area contributed by atoms with Gasteiger partial charge in [-0.15, -0.1) is 0 Å². The second-order valence-corrected chi connectivity index (χ2v) is 5.64. The highest BCUT2D eigenvalue weighted by atomic mass is 31.2. The fraction of sp³-hybridized carbons (Fsp3) is 0.889. The van der Waals surface area contributed by atoms with Crippen molar-refractivity contribution in [2.75, 3.05) is 6.35 Å². The summed E-state index contributed by atoms with van der Waals surface area (Å²) in [7, 11) is -3.72. The third-order valence-corrected chi connectivity index (χ3v) is 3.71. The van der Waals surface area contributed by atoms with Crippen LogP contribution in [-0.4, -0.2) is 42.5 Å². The van der Waals surface area contributed by atoms with E-state index in [1.165, 1.54) is 6.92 Å². The minimum absolute atomic E-state index is 0.325. The Morgan fingerprint density at radius 3 is 2.41 bits per heavy atom. The Bertz CT molecular complexity index is 302. The van der Waals surface area contributed by atoms with Crippen LogP contribution in [0.3, 0.4) is 0 Å². The van der Waals surface area contributed by atoms with Gasteiger partial charge in [-0.05, 0) is 20.8 Å². The van der Waals surface area contributed by atoms with Gasteiger partial charge in [-0.2, -0.15) is 0 Å². The van der Waals surface area contributed by atoms with E-state index < -0.39 is 32.4 Å². The summed E-state index contributed by atoms with van der Waals surface area (Å²) in [5, 5.41) is 8.99. The average Bonchev–Trinajstić information content (AvgIpc) is 2.24. The lowest BCUT2D eigenvalue weighted by Crippen LogP contribution is -2.46. The van der Waals surface area contributed by atoms with Crippen LogP contribution in [0, 0.1) is 0 Å². The Labute approximate surface area is 99.5 Å². The van der Waals surface area contributed by atoms with Gasteiger partial charge < -0.3 is 19.4 Å². The molecule has 0 aromatic rings. The number of aliphatic hydroxyl groups excluding tert-OH is 1. The minimum atomic E-state index is -3.72.